The van der Waals surface area contributed by atoms with Gasteiger partial charge in [0.25, 0.3) is 0 Å². The Hall–Kier alpha value is -3.66. The van der Waals surface area contributed by atoms with Gasteiger partial charge in [-0.05, 0) is 29.8 Å². The van der Waals surface area contributed by atoms with Gasteiger partial charge >= 0.3 is 6.18 Å². The molecule has 4 aliphatic heterocycles. The number of anilines is 1. The number of fused-ring (bicyclic) bond motifs is 5. The van der Waals surface area contributed by atoms with Gasteiger partial charge in [-0.25, -0.2) is 0 Å². The van der Waals surface area contributed by atoms with E-state index in [9.17, 15) is 18.0 Å². The minimum Gasteiger partial charge on any atom is -0.491 e. The third kappa shape index (κ3) is 3.34. The van der Waals surface area contributed by atoms with Crippen LogP contribution in [0.3, 0.4) is 0 Å². The van der Waals surface area contributed by atoms with E-state index in [2.05, 4.69) is 0 Å². The van der Waals surface area contributed by atoms with Gasteiger partial charge in [-0.1, -0.05) is 30.3 Å². The number of alkyl halides is 3. The summed E-state index contributed by atoms with van der Waals surface area (Å²) in [4.78, 5) is 20.7. The van der Waals surface area contributed by atoms with Gasteiger partial charge in [0, 0.05) is 35.2 Å². The molecule has 0 saturated heterocycles. The summed E-state index contributed by atoms with van der Waals surface area (Å²) in [5.41, 5.74) is 1.40. The Labute approximate surface area is 214 Å². The molecule has 0 saturated carbocycles. The summed E-state index contributed by atoms with van der Waals surface area (Å²) in [6.07, 6.45) is -4.38. The van der Waals surface area contributed by atoms with E-state index in [4.69, 9.17) is 19.2 Å². The lowest BCUT2D eigenvalue weighted by Crippen LogP contribution is -2.44. The van der Waals surface area contributed by atoms with E-state index in [0.717, 1.165) is 28.9 Å². The number of amides is 1. The highest BCUT2D eigenvalue weighted by Gasteiger charge is 2.57. The fourth-order valence-electron chi connectivity index (χ4n) is 5.43. The molecule has 2 atom stereocenters. The molecule has 0 N–H and O–H groups in total. The Morgan fingerprint density at radius 2 is 1.73 bits per heavy atom. The first kappa shape index (κ1) is 22.5. The average molecular weight is 525 g/mol. The van der Waals surface area contributed by atoms with E-state index in [-0.39, 0.29) is 25.3 Å². The second-order valence-corrected chi connectivity index (χ2v) is 10.3. The Bertz CT molecular complexity index is 1470. The number of nitrogens with zero attached hydrogens (tertiary/aromatic N) is 2. The zero-order valence-corrected chi connectivity index (χ0v) is 20.1. The summed E-state index contributed by atoms with van der Waals surface area (Å²) in [5, 5.41) is 0.677. The number of ether oxygens (including phenoxy) is 3. The van der Waals surface area contributed by atoms with Gasteiger partial charge < -0.3 is 19.1 Å². The summed E-state index contributed by atoms with van der Waals surface area (Å²) >= 11 is 1.48. The van der Waals surface area contributed by atoms with Crippen molar-refractivity contribution >= 4 is 28.4 Å². The summed E-state index contributed by atoms with van der Waals surface area (Å²) < 4.78 is 55.9. The van der Waals surface area contributed by atoms with Crippen molar-refractivity contribution in [3.05, 3.63) is 82.9 Å². The molecule has 0 bridgehead atoms. The van der Waals surface area contributed by atoms with Crippen molar-refractivity contribution in [1.29, 1.82) is 0 Å². The molecule has 6 nitrogen and oxygen atoms in total. The maximum Gasteiger partial charge on any atom is 0.416 e. The largest absolute Gasteiger partial charge is 0.491 e. The molecule has 4 aliphatic rings. The van der Waals surface area contributed by atoms with Crippen molar-refractivity contribution in [3.8, 4) is 17.2 Å². The van der Waals surface area contributed by atoms with Crippen LogP contribution in [0, 0.1) is 0 Å². The van der Waals surface area contributed by atoms with Crippen molar-refractivity contribution in [2.75, 3.05) is 30.6 Å². The van der Waals surface area contributed by atoms with E-state index in [1.165, 1.54) is 23.9 Å². The highest BCUT2D eigenvalue weighted by Crippen LogP contribution is 2.55. The number of halogens is 3. The predicted octanol–water partition coefficient (Wildman–Crippen LogP) is 5.02. The number of para-hydroxylation sites is 1. The fraction of sp³-hybridized carbons (Fsp3) is 0.259. The van der Waals surface area contributed by atoms with E-state index >= 15 is 0 Å². The molecule has 4 heterocycles. The molecule has 3 aromatic carbocycles. The van der Waals surface area contributed by atoms with Gasteiger partial charge in [-0.2, -0.15) is 13.2 Å². The molecule has 2 unspecified atom stereocenters. The number of hydrogen-bond donors (Lipinski definition) is 0. The Morgan fingerprint density at radius 3 is 2.51 bits per heavy atom. The third-order valence-corrected chi connectivity index (χ3v) is 8.37. The highest BCUT2D eigenvalue weighted by atomic mass is 32.2. The quantitative estimate of drug-likeness (QED) is 0.482. The van der Waals surface area contributed by atoms with Gasteiger partial charge in [0.1, 0.15) is 17.8 Å². The molecular weight excluding hydrogens is 505 g/mol. The van der Waals surface area contributed by atoms with Crippen LogP contribution in [-0.2, 0) is 16.4 Å². The Morgan fingerprint density at radius 1 is 0.973 bits per heavy atom. The molecule has 0 aromatic heterocycles. The van der Waals surface area contributed by atoms with Crippen LogP contribution in [0.4, 0.5) is 18.9 Å². The minimum absolute atomic E-state index is 0.0884. The predicted molar refractivity (Wildman–Crippen MR) is 132 cm³/mol. The summed E-state index contributed by atoms with van der Waals surface area (Å²) in [7, 11) is 0. The molecule has 0 radical (unpaired) electrons. The third-order valence-electron chi connectivity index (χ3n) is 7.21. The van der Waals surface area contributed by atoms with Crippen LogP contribution in [0.2, 0.25) is 0 Å². The average Bonchev–Trinajstić information content (AvgIpc) is 3.67. The second-order valence-electron chi connectivity index (χ2n) is 9.30. The number of carbonyl (C=O) groups excluding carboxylic acids is 1. The van der Waals surface area contributed by atoms with Gasteiger partial charge in [0.2, 0.25) is 12.7 Å². The normalized spacial score (nSPS) is 23.3. The molecular formula is C27H19F3N2O4S. The van der Waals surface area contributed by atoms with Gasteiger partial charge in [0.05, 0.1) is 16.6 Å². The van der Waals surface area contributed by atoms with Crippen LogP contribution in [0.5, 0.6) is 17.2 Å². The van der Waals surface area contributed by atoms with E-state index in [1.54, 1.807) is 11.0 Å². The van der Waals surface area contributed by atoms with Crippen LogP contribution in [0.25, 0.3) is 0 Å². The Kier molecular flexibility index (Phi) is 4.82. The van der Waals surface area contributed by atoms with Crippen LogP contribution >= 0.6 is 11.8 Å². The summed E-state index contributed by atoms with van der Waals surface area (Å²) in [6.45, 7) is 0.659. The van der Waals surface area contributed by atoms with Crippen LogP contribution < -0.4 is 19.1 Å². The van der Waals surface area contributed by atoms with Crippen molar-refractivity contribution in [2.24, 2.45) is 4.99 Å². The first-order valence-electron chi connectivity index (χ1n) is 11.7. The number of hydrogen-bond acceptors (Lipinski definition) is 6. The monoisotopic (exact) mass is 524 g/mol. The molecule has 7 rings (SSSR count). The van der Waals surface area contributed by atoms with Gasteiger partial charge in [-0.3, -0.25) is 9.79 Å². The highest BCUT2D eigenvalue weighted by molar-refractivity contribution is 8.14. The molecule has 1 spiro atoms. The fourth-order valence-corrected chi connectivity index (χ4v) is 6.48. The standard InChI is InChI=1S/C27H19F3N2O4S/c28-27(29,30)16-7-5-15(6-8-16)24-31-17(12-37-24)11-32-20-4-2-1-3-18(20)26(25(32)33)13-34-21-10-23-22(9-19(21)26)35-14-36-23/h1-10,17H,11-14H2. The SMILES string of the molecule is O=C1N(CC2CSC(c3ccc(C(F)(F)F)cc3)=N2)c2ccccc2C12COc1cc3c(cc12)OCO3. The molecule has 0 fully saturated rings. The topological polar surface area (TPSA) is 60.4 Å². The molecule has 188 valence electrons. The molecule has 3 aromatic rings. The molecule has 0 aliphatic carbocycles. The molecule has 1 amide bonds. The zero-order chi connectivity index (χ0) is 25.4. The molecule has 10 heteroatoms. The van der Waals surface area contributed by atoms with Crippen molar-refractivity contribution < 1.29 is 32.2 Å². The van der Waals surface area contributed by atoms with Crippen molar-refractivity contribution in [2.45, 2.75) is 17.6 Å². The van der Waals surface area contributed by atoms with Crippen LogP contribution in [0.15, 0.2) is 65.7 Å². The minimum atomic E-state index is -4.38. The lowest BCUT2D eigenvalue weighted by Gasteiger charge is -2.24. The smallest absolute Gasteiger partial charge is 0.416 e. The lowest BCUT2D eigenvalue weighted by atomic mass is 9.77. The first-order chi connectivity index (χ1) is 17.8. The first-order valence-corrected chi connectivity index (χ1v) is 12.7. The van der Waals surface area contributed by atoms with Gasteiger partial charge in [-0.15, -0.1) is 11.8 Å². The maximum absolute atomic E-state index is 14.1. The zero-order valence-electron chi connectivity index (χ0n) is 19.2. The van der Waals surface area contributed by atoms with Crippen molar-refractivity contribution in [3.63, 3.8) is 0 Å². The lowest BCUT2D eigenvalue weighted by molar-refractivity contribution is -0.137. The van der Waals surface area contributed by atoms with E-state index < -0.39 is 17.2 Å². The molecule has 37 heavy (non-hydrogen) atoms. The van der Waals surface area contributed by atoms with E-state index in [1.807, 2.05) is 30.3 Å². The number of benzene rings is 3. The maximum atomic E-state index is 14.1. The van der Waals surface area contributed by atoms with Crippen LogP contribution in [0.1, 0.15) is 22.3 Å². The number of thioether (sulfide) groups is 1. The van der Waals surface area contributed by atoms with Gasteiger partial charge in [0.15, 0.2) is 11.5 Å². The Balaban J connectivity index is 1.20. The second kappa shape index (κ2) is 7.92. The van der Waals surface area contributed by atoms with Crippen LogP contribution in [-0.4, -0.2) is 42.7 Å². The van der Waals surface area contributed by atoms with Crippen molar-refractivity contribution in [1.82, 2.24) is 0 Å². The number of rotatable bonds is 3. The summed E-state index contributed by atoms with van der Waals surface area (Å²) in [6, 6.07) is 16.1. The van der Waals surface area contributed by atoms with E-state index in [0.29, 0.717) is 40.2 Å². The summed E-state index contributed by atoms with van der Waals surface area (Å²) in [5.74, 6) is 2.33. The number of carbonyl (C=O) groups is 1. The number of aliphatic imine (C=N–C) groups is 1.